The van der Waals surface area contributed by atoms with Crippen molar-refractivity contribution in [2.75, 3.05) is 56.0 Å². The van der Waals surface area contributed by atoms with Crippen LogP contribution in [0.15, 0.2) is 36.7 Å². The molecule has 5 rings (SSSR count). The Morgan fingerprint density at radius 2 is 1.89 bits per heavy atom. The fraction of sp³-hybridized carbons (Fsp3) is 0.500. The van der Waals surface area contributed by atoms with Crippen LogP contribution >= 0.6 is 0 Å². The number of aromatic nitrogens is 3. The molecule has 0 aliphatic carbocycles. The number of hydrogen-bond acceptors (Lipinski definition) is 7. The second-order valence-corrected chi connectivity index (χ2v) is 10.5. The molecule has 0 unspecified atom stereocenters. The van der Waals surface area contributed by atoms with Crippen molar-refractivity contribution in [3.05, 3.63) is 36.7 Å². The Labute approximate surface area is 223 Å². The van der Waals surface area contributed by atoms with Crippen molar-refractivity contribution in [2.45, 2.75) is 45.7 Å². The Morgan fingerprint density at radius 3 is 2.63 bits per heavy atom. The van der Waals surface area contributed by atoms with Crippen molar-refractivity contribution in [1.29, 1.82) is 0 Å². The number of fused-ring (bicyclic) bond motifs is 1. The summed E-state index contributed by atoms with van der Waals surface area (Å²) in [5.74, 6) is 1.01. The first-order chi connectivity index (χ1) is 18.4. The number of hydrogen-bond donors (Lipinski definition) is 3. The lowest BCUT2D eigenvalue weighted by Crippen LogP contribution is -2.58. The van der Waals surface area contributed by atoms with E-state index in [1.807, 2.05) is 35.4 Å². The minimum atomic E-state index is 0.00596. The van der Waals surface area contributed by atoms with Crippen LogP contribution in [0.3, 0.4) is 0 Å². The fourth-order valence-electron chi connectivity index (χ4n) is 5.79. The zero-order valence-corrected chi connectivity index (χ0v) is 22.5. The molecule has 0 saturated carbocycles. The molecular formula is C28H38N8O2. The van der Waals surface area contributed by atoms with Crippen molar-refractivity contribution in [1.82, 2.24) is 30.1 Å². The number of amides is 2. The number of carbonyl (C=O) groups excluding carboxylic acids is 2. The van der Waals surface area contributed by atoms with E-state index >= 15 is 0 Å². The van der Waals surface area contributed by atoms with Crippen molar-refractivity contribution in [2.24, 2.45) is 0 Å². The fourth-order valence-corrected chi connectivity index (χ4v) is 5.79. The number of nitrogens with zero attached hydrogens (tertiary/aromatic N) is 5. The van der Waals surface area contributed by atoms with Gasteiger partial charge >= 0.3 is 0 Å². The Bertz CT molecular complexity index is 1270. The monoisotopic (exact) mass is 518 g/mol. The third-order valence-electron chi connectivity index (χ3n) is 7.52. The molecule has 5 heterocycles. The predicted octanol–water partition coefficient (Wildman–Crippen LogP) is 2.69. The maximum atomic E-state index is 12.6. The van der Waals surface area contributed by atoms with Gasteiger partial charge in [0, 0.05) is 81.8 Å². The molecule has 2 atom stereocenters. The zero-order chi connectivity index (χ0) is 26.6. The van der Waals surface area contributed by atoms with Gasteiger partial charge in [-0.2, -0.15) is 0 Å². The lowest BCUT2D eigenvalue weighted by molar-refractivity contribution is -0.133. The number of carbonyl (C=O) groups is 2. The van der Waals surface area contributed by atoms with E-state index < -0.39 is 0 Å². The van der Waals surface area contributed by atoms with E-state index in [2.05, 4.69) is 44.2 Å². The van der Waals surface area contributed by atoms with Gasteiger partial charge in [-0.1, -0.05) is 6.07 Å². The average molecular weight is 519 g/mol. The largest absolute Gasteiger partial charge is 0.352 e. The molecule has 10 nitrogen and oxygen atoms in total. The van der Waals surface area contributed by atoms with Crippen LogP contribution in [0.2, 0.25) is 0 Å². The van der Waals surface area contributed by atoms with Crippen molar-refractivity contribution in [3.8, 4) is 11.3 Å². The van der Waals surface area contributed by atoms with Gasteiger partial charge in [0.1, 0.15) is 11.5 Å². The summed E-state index contributed by atoms with van der Waals surface area (Å²) in [5.41, 5.74) is 3.21. The summed E-state index contributed by atoms with van der Waals surface area (Å²) in [6.07, 6.45) is 4.94. The molecule has 2 saturated heterocycles. The summed E-state index contributed by atoms with van der Waals surface area (Å²) in [5, 5.41) is 7.29. The third kappa shape index (κ3) is 5.81. The van der Waals surface area contributed by atoms with E-state index in [0.29, 0.717) is 12.1 Å². The number of pyridine rings is 2. The summed E-state index contributed by atoms with van der Waals surface area (Å²) in [6.45, 7) is 12.3. The molecule has 0 spiro atoms. The van der Waals surface area contributed by atoms with E-state index in [-0.39, 0.29) is 23.9 Å². The van der Waals surface area contributed by atoms with Crippen LogP contribution in [0.5, 0.6) is 0 Å². The maximum Gasteiger partial charge on any atom is 0.224 e. The van der Waals surface area contributed by atoms with Crippen LogP contribution in [0.25, 0.3) is 22.3 Å². The molecule has 202 valence electrons. The van der Waals surface area contributed by atoms with E-state index in [4.69, 9.17) is 4.98 Å². The second kappa shape index (κ2) is 11.5. The molecule has 3 N–H and O–H groups in total. The quantitative estimate of drug-likeness (QED) is 0.441. The Kier molecular flexibility index (Phi) is 7.90. The van der Waals surface area contributed by atoms with Gasteiger partial charge in [0.25, 0.3) is 0 Å². The topological polar surface area (TPSA) is 109 Å². The van der Waals surface area contributed by atoms with Gasteiger partial charge in [-0.3, -0.25) is 9.59 Å². The van der Waals surface area contributed by atoms with E-state index in [0.717, 1.165) is 80.3 Å². The molecule has 2 fully saturated rings. The molecule has 38 heavy (non-hydrogen) atoms. The first kappa shape index (κ1) is 26.1. The molecular weight excluding hydrogens is 480 g/mol. The number of rotatable bonds is 7. The van der Waals surface area contributed by atoms with Gasteiger partial charge in [-0.05, 0) is 45.0 Å². The van der Waals surface area contributed by atoms with E-state index in [1.54, 1.807) is 13.1 Å². The number of H-pyrrole nitrogens is 1. The number of piperazine rings is 2. The van der Waals surface area contributed by atoms with Gasteiger partial charge in [-0.25, -0.2) is 9.97 Å². The maximum absolute atomic E-state index is 12.6. The van der Waals surface area contributed by atoms with Gasteiger partial charge < -0.3 is 30.3 Å². The molecule has 10 heteroatoms. The lowest BCUT2D eigenvalue weighted by atomic mass is 10.1. The molecule has 3 aromatic heterocycles. The van der Waals surface area contributed by atoms with E-state index in [9.17, 15) is 9.59 Å². The lowest BCUT2D eigenvalue weighted by Gasteiger charge is -2.44. The van der Waals surface area contributed by atoms with Crippen LogP contribution in [-0.4, -0.2) is 94.5 Å². The highest BCUT2D eigenvalue weighted by Crippen LogP contribution is 2.30. The summed E-state index contributed by atoms with van der Waals surface area (Å²) < 4.78 is 0. The number of aromatic amines is 1. The van der Waals surface area contributed by atoms with Gasteiger partial charge in [0.2, 0.25) is 11.8 Å². The molecule has 3 aromatic rings. The zero-order valence-electron chi connectivity index (χ0n) is 22.5. The van der Waals surface area contributed by atoms with Crippen molar-refractivity contribution >= 4 is 34.4 Å². The van der Waals surface area contributed by atoms with Crippen LogP contribution in [0.4, 0.5) is 11.5 Å². The second-order valence-electron chi connectivity index (χ2n) is 10.5. The molecule has 0 bridgehead atoms. The third-order valence-corrected chi connectivity index (χ3v) is 7.52. The molecule has 0 radical (unpaired) electrons. The highest BCUT2D eigenvalue weighted by atomic mass is 16.2. The van der Waals surface area contributed by atoms with Crippen LogP contribution in [0.1, 0.15) is 33.6 Å². The summed E-state index contributed by atoms with van der Waals surface area (Å²) in [4.78, 5) is 44.0. The Hall–Kier alpha value is -3.50. The minimum absolute atomic E-state index is 0.00596. The van der Waals surface area contributed by atoms with Crippen LogP contribution in [-0.2, 0) is 9.59 Å². The minimum Gasteiger partial charge on any atom is -0.352 e. The van der Waals surface area contributed by atoms with E-state index in [1.165, 1.54) is 0 Å². The molecule has 2 amide bonds. The summed E-state index contributed by atoms with van der Waals surface area (Å²) >= 11 is 0. The van der Waals surface area contributed by atoms with Crippen molar-refractivity contribution in [3.63, 3.8) is 0 Å². The number of nitrogens with one attached hydrogen (secondary N) is 3. The number of anilines is 2. The molecule has 2 aliphatic heterocycles. The highest BCUT2D eigenvalue weighted by Gasteiger charge is 2.31. The first-order valence-corrected chi connectivity index (χ1v) is 13.6. The summed E-state index contributed by atoms with van der Waals surface area (Å²) in [6, 6.07) is 8.22. The summed E-state index contributed by atoms with van der Waals surface area (Å²) in [7, 11) is 0. The van der Waals surface area contributed by atoms with Gasteiger partial charge in [-0.15, -0.1) is 0 Å². The van der Waals surface area contributed by atoms with Gasteiger partial charge in [0.05, 0.1) is 17.6 Å². The average Bonchev–Trinajstić information content (AvgIpc) is 3.32. The smallest absolute Gasteiger partial charge is 0.224 e. The SMILES string of the molecule is CC(=O)N1[C@H](C)CN(c2cccc(-c3c[nH]c4ncc(NC(=O)CCCN5CCNCC5)cc34)n2)C[C@@H]1C. The first-order valence-electron chi connectivity index (χ1n) is 13.6. The standard InChI is InChI=1S/C28H38N8O2/c1-19-17-35(18-20(2)36(19)21(3)37)26-7-4-6-25(33-26)24-16-31-28-23(24)14-22(15-30-28)32-27(38)8-5-11-34-12-9-29-10-13-34/h4,6-7,14-16,19-20,29H,5,8-13,17-18H2,1-3H3,(H,30,31)(H,32,38)/t19-,20+. The van der Waals surface area contributed by atoms with Crippen molar-refractivity contribution < 1.29 is 9.59 Å². The highest BCUT2D eigenvalue weighted by molar-refractivity contribution is 5.97. The predicted molar refractivity (Wildman–Crippen MR) is 150 cm³/mol. The van der Waals surface area contributed by atoms with Gasteiger partial charge in [0.15, 0.2) is 0 Å². The van der Waals surface area contributed by atoms with Crippen LogP contribution in [0, 0.1) is 0 Å². The molecule has 0 aromatic carbocycles. The normalized spacial score (nSPS) is 20.6. The molecule has 2 aliphatic rings. The Balaban J connectivity index is 1.27. The Morgan fingerprint density at radius 1 is 1.13 bits per heavy atom. The van der Waals surface area contributed by atoms with Crippen LogP contribution < -0.4 is 15.5 Å².